The summed E-state index contributed by atoms with van der Waals surface area (Å²) in [6.45, 7) is 4.94. The summed E-state index contributed by atoms with van der Waals surface area (Å²) >= 11 is 0. The fourth-order valence-corrected chi connectivity index (χ4v) is 4.37. The van der Waals surface area contributed by atoms with E-state index in [9.17, 15) is 13.2 Å². The van der Waals surface area contributed by atoms with Crippen molar-refractivity contribution in [2.75, 3.05) is 32.7 Å². The highest BCUT2D eigenvalue weighted by atomic mass is 35.5. The molecule has 2 aliphatic rings. The second kappa shape index (κ2) is 8.99. The van der Waals surface area contributed by atoms with Crippen LogP contribution in [0.1, 0.15) is 24.5 Å². The van der Waals surface area contributed by atoms with Gasteiger partial charge in [0.25, 0.3) is 0 Å². The number of fused-ring (bicyclic) bond motifs is 1. The number of halogens is 1. The van der Waals surface area contributed by atoms with Gasteiger partial charge in [-0.1, -0.05) is 17.7 Å². The van der Waals surface area contributed by atoms with E-state index in [0.717, 1.165) is 42.6 Å². The van der Waals surface area contributed by atoms with E-state index in [-0.39, 0.29) is 18.3 Å². The van der Waals surface area contributed by atoms with Gasteiger partial charge in [0.1, 0.15) is 0 Å². The fraction of sp³-hybridized carbons (Fsp3) is 0.500. The number of benzene rings is 1. The molecule has 0 atom stereocenters. The second-order valence-corrected chi connectivity index (χ2v) is 8.34. The van der Waals surface area contributed by atoms with Gasteiger partial charge in [-0.3, -0.25) is 4.79 Å². The van der Waals surface area contributed by atoms with E-state index in [1.165, 1.54) is 0 Å². The maximum absolute atomic E-state index is 12.6. The Morgan fingerprint density at radius 1 is 1.19 bits per heavy atom. The van der Waals surface area contributed by atoms with E-state index in [2.05, 4.69) is 10.0 Å². The molecule has 0 fully saturated rings. The average molecular weight is 400 g/mol. The van der Waals surface area contributed by atoms with Gasteiger partial charge in [0.05, 0.1) is 4.90 Å². The fourth-order valence-electron chi connectivity index (χ4n) is 3.28. The summed E-state index contributed by atoms with van der Waals surface area (Å²) in [5.74, 6) is 0.0672. The Bertz CT molecular complexity index is 793. The normalized spacial score (nSPS) is 17.6. The molecule has 0 aromatic heterocycles. The number of hydrogen-bond acceptors (Lipinski definition) is 4. The molecule has 0 spiro atoms. The van der Waals surface area contributed by atoms with Gasteiger partial charge in [-0.15, -0.1) is 12.4 Å². The molecule has 0 unspecified atom stereocenters. The minimum Gasteiger partial charge on any atom is -0.342 e. The predicted octanol–water partition coefficient (Wildman–Crippen LogP) is 1.25. The van der Waals surface area contributed by atoms with Crippen LogP contribution in [0.2, 0.25) is 0 Å². The van der Waals surface area contributed by atoms with E-state index in [1.807, 2.05) is 17.0 Å². The van der Waals surface area contributed by atoms with E-state index in [0.29, 0.717) is 31.0 Å². The SMILES string of the molecule is CC(=O)N1CCc2ccc(S(=O)(=O)NCC3=CCNCC3)cc2CC1.Cl. The monoisotopic (exact) mass is 399 g/mol. The van der Waals surface area contributed by atoms with Crippen molar-refractivity contribution in [2.45, 2.75) is 31.1 Å². The molecule has 26 heavy (non-hydrogen) atoms. The molecule has 0 saturated carbocycles. The van der Waals surface area contributed by atoms with Gasteiger partial charge < -0.3 is 10.2 Å². The van der Waals surface area contributed by atoms with E-state index >= 15 is 0 Å². The zero-order chi connectivity index (χ0) is 17.9. The summed E-state index contributed by atoms with van der Waals surface area (Å²) in [6, 6.07) is 5.32. The van der Waals surface area contributed by atoms with Crippen molar-refractivity contribution in [1.82, 2.24) is 14.9 Å². The lowest BCUT2D eigenvalue weighted by Gasteiger charge is -2.17. The first-order valence-electron chi connectivity index (χ1n) is 8.71. The van der Waals surface area contributed by atoms with Crippen molar-refractivity contribution in [3.8, 4) is 0 Å². The van der Waals surface area contributed by atoms with Crippen molar-refractivity contribution in [3.63, 3.8) is 0 Å². The second-order valence-electron chi connectivity index (χ2n) is 6.58. The third kappa shape index (κ3) is 5.07. The van der Waals surface area contributed by atoms with Crippen LogP contribution < -0.4 is 10.0 Å². The van der Waals surface area contributed by atoms with Gasteiger partial charge >= 0.3 is 0 Å². The Labute approximate surface area is 161 Å². The molecule has 0 aliphatic carbocycles. The Balaban J connectivity index is 0.00000243. The highest BCUT2D eigenvalue weighted by Gasteiger charge is 2.20. The molecule has 8 heteroatoms. The largest absolute Gasteiger partial charge is 0.342 e. The molecule has 3 rings (SSSR count). The molecule has 144 valence electrons. The zero-order valence-corrected chi connectivity index (χ0v) is 16.6. The minimum atomic E-state index is -3.53. The van der Waals surface area contributed by atoms with Crippen LogP contribution in [0.25, 0.3) is 0 Å². The van der Waals surface area contributed by atoms with E-state index < -0.39 is 10.0 Å². The van der Waals surface area contributed by atoms with Gasteiger partial charge in [-0.25, -0.2) is 13.1 Å². The van der Waals surface area contributed by atoms with Crippen LogP contribution in [-0.4, -0.2) is 51.9 Å². The Hall–Kier alpha value is -1.41. The van der Waals surface area contributed by atoms with Crippen molar-refractivity contribution >= 4 is 28.3 Å². The van der Waals surface area contributed by atoms with Crippen LogP contribution in [0.5, 0.6) is 0 Å². The van der Waals surface area contributed by atoms with Crippen molar-refractivity contribution in [2.24, 2.45) is 0 Å². The van der Waals surface area contributed by atoms with Gasteiger partial charge in [0.15, 0.2) is 0 Å². The smallest absolute Gasteiger partial charge is 0.240 e. The lowest BCUT2D eigenvalue weighted by Crippen LogP contribution is -2.30. The van der Waals surface area contributed by atoms with E-state index in [1.54, 1.807) is 19.1 Å². The van der Waals surface area contributed by atoms with Crippen LogP contribution in [0.4, 0.5) is 0 Å². The summed E-state index contributed by atoms with van der Waals surface area (Å²) in [7, 11) is -3.53. The molecule has 0 saturated heterocycles. The molecule has 2 N–H and O–H groups in total. The van der Waals surface area contributed by atoms with Gasteiger partial charge in [-0.2, -0.15) is 0 Å². The lowest BCUT2D eigenvalue weighted by atomic mass is 10.0. The molecule has 2 heterocycles. The lowest BCUT2D eigenvalue weighted by molar-refractivity contribution is -0.128. The number of rotatable bonds is 4. The third-order valence-electron chi connectivity index (χ3n) is 4.88. The van der Waals surface area contributed by atoms with Crippen molar-refractivity contribution in [3.05, 3.63) is 41.0 Å². The summed E-state index contributed by atoms with van der Waals surface area (Å²) in [5.41, 5.74) is 3.27. The Kier molecular flexibility index (Phi) is 7.23. The van der Waals surface area contributed by atoms with Crippen molar-refractivity contribution in [1.29, 1.82) is 0 Å². The minimum absolute atomic E-state index is 0. The molecule has 1 aromatic rings. The molecule has 6 nitrogen and oxygen atoms in total. The first kappa shape index (κ1) is 20.9. The van der Waals surface area contributed by atoms with Crippen LogP contribution in [0, 0.1) is 0 Å². The number of hydrogen-bond donors (Lipinski definition) is 2. The Morgan fingerprint density at radius 2 is 1.92 bits per heavy atom. The molecular formula is C18H26ClN3O3S. The molecule has 0 radical (unpaired) electrons. The quantitative estimate of drug-likeness (QED) is 0.747. The van der Waals surface area contributed by atoms with Crippen molar-refractivity contribution < 1.29 is 13.2 Å². The Morgan fingerprint density at radius 3 is 2.58 bits per heavy atom. The molecule has 0 bridgehead atoms. The molecule has 1 amide bonds. The molecule has 2 aliphatic heterocycles. The topological polar surface area (TPSA) is 78.5 Å². The van der Waals surface area contributed by atoms with E-state index in [4.69, 9.17) is 0 Å². The van der Waals surface area contributed by atoms with Crippen LogP contribution >= 0.6 is 12.4 Å². The molecule has 1 aromatic carbocycles. The molecular weight excluding hydrogens is 374 g/mol. The number of sulfonamides is 1. The first-order valence-corrected chi connectivity index (χ1v) is 10.2. The summed E-state index contributed by atoms with van der Waals surface area (Å²) < 4.78 is 27.9. The van der Waals surface area contributed by atoms with Crippen LogP contribution in [0.3, 0.4) is 0 Å². The number of carbonyl (C=O) groups is 1. The van der Waals surface area contributed by atoms with Crippen LogP contribution in [0.15, 0.2) is 34.7 Å². The summed E-state index contributed by atoms with van der Waals surface area (Å²) in [5, 5.41) is 3.21. The highest BCUT2D eigenvalue weighted by Crippen LogP contribution is 2.21. The number of carbonyl (C=O) groups excluding carboxylic acids is 1. The number of amides is 1. The first-order chi connectivity index (χ1) is 12.0. The van der Waals surface area contributed by atoms with Gasteiger partial charge in [-0.05, 0) is 49.1 Å². The maximum atomic E-state index is 12.6. The van der Waals surface area contributed by atoms with Gasteiger partial charge in [0, 0.05) is 33.1 Å². The van der Waals surface area contributed by atoms with Crippen LogP contribution in [-0.2, 0) is 27.7 Å². The maximum Gasteiger partial charge on any atom is 0.240 e. The summed E-state index contributed by atoms with van der Waals surface area (Å²) in [6.07, 6.45) is 4.37. The highest BCUT2D eigenvalue weighted by molar-refractivity contribution is 7.89. The zero-order valence-electron chi connectivity index (χ0n) is 15.0. The number of nitrogens with one attached hydrogen (secondary N) is 2. The average Bonchev–Trinajstić information content (AvgIpc) is 2.83. The summed E-state index contributed by atoms with van der Waals surface area (Å²) in [4.78, 5) is 13.7. The predicted molar refractivity (Wildman–Crippen MR) is 104 cm³/mol. The third-order valence-corrected chi connectivity index (χ3v) is 6.28. The van der Waals surface area contributed by atoms with Gasteiger partial charge in [0.2, 0.25) is 15.9 Å². The standard InChI is InChI=1S/C18H25N3O3S.ClH/c1-14(22)21-10-6-16-2-3-18(12-17(16)7-11-21)25(23,24)20-13-15-4-8-19-9-5-15;/h2-4,12,19-20H,5-11,13H2,1H3;1H. The number of nitrogens with zero attached hydrogens (tertiary/aromatic N) is 1.